The second-order valence-electron chi connectivity index (χ2n) is 5.95. The number of para-hydroxylation sites is 1. The van der Waals surface area contributed by atoms with Crippen molar-refractivity contribution in [3.05, 3.63) is 42.5 Å². The van der Waals surface area contributed by atoms with E-state index in [0.717, 1.165) is 18.2 Å². The maximum atomic E-state index is 5.69. The summed E-state index contributed by atoms with van der Waals surface area (Å²) in [5, 5.41) is 3.64. The molecular formula is C17H23NO. The summed E-state index contributed by atoms with van der Waals surface area (Å²) in [5.74, 6) is 2.00. The number of hydrogen-bond donors (Lipinski definition) is 1. The molecule has 0 radical (unpaired) electrons. The van der Waals surface area contributed by atoms with Crippen LogP contribution < -0.4 is 10.1 Å². The molecule has 0 spiro atoms. The SMILES string of the molecule is C=CCOc1ccccc1CNCC1(C2CC2)CC1. The maximum Gasteiger partial charge on any atom is 0.124 e. The fraction of sp³-hybridized carbons (Fsp3) is 0.529. The lowest BCUT2D eigenvalue weighted by molar-refractivity contribution is 0.354. The zero-order valence-electron chi connectivity index (χ0n) is 11.5. The summed E-state index contributed by atoms with van der Waals surface area (Å²) in [6.07, 6.45) is 7.57. The summed E-state index contributed by atoms with van der Waals surface area (Å²) in [4.78, 5) is 0. The zero-order valence-corrected chi connectivity index (χ0v) is 11.5. The minimum atomic E-state index is 0.572. The van der Waals surface area contributed by atoms with Crippen LogP contribution in [0.25, 0.3) is 0 Å². The van der Waals surface area contributed by atoms with E-state index >= 15 is 0 Å². The lowest BCUT2D eigenvalue weighted by Crippen LogP contribution is -2.25. The minimum Gasteiger partial charge on any atom is -0.489 e. The molecule has 2 nitrogen and oxygen atoms in total. The molecule has 1 aromatic carbocycles. The topological polar surface area (TPSA) is 21.3 Å². The van der Waals surface area contributed by atoms with Gasteiger partial charge in [0.2, 0.25) is 0 Å². The predicted octanol–water partition coefficient (Wildman–Crippen LogP) is 3.53. The van der Waals surface area contributed by atoms with Crippen molar-refractivity contribution in [1.29, 1.82) is 0 Å². The van der Waals surface area contributed by atoms with E-state index in [1.807, 2.05) is 12.1 Å². The van der Waals surface area contributed by atoms with Gasteiger partial charge in [-0.15, -0.1) is 0 Å². The van der Waals surface area contributed by atoms with Crippen molar-refractivity contribution >= 4 is 0 Å². The fourth-order valence-corrected chi connectivity index (χ4v) is 2.97. The van der Waals surface area contributed by atoms with Crippen LogP contribution in [0.3, 0.4) is 0 Å². The molecule has 2 fully saturated rings. The molecule has 0 bridgehead atoms. The Kier molecular flexibility index (Phi) is 3.61. The van der Waals surface area contributed by atoms with E-state index < -0.39 is 0 Å². The van der Waals surface area contributed by atoms with E-state index in [0.29, 0.717) is 12.0 Å². The fourth-order valence-electron chi connectivity index (χ4n) is 2.97. The van der Waals surface area contributed by atoms with Crippen LogP contribution in [-0.4, -0.2) is 13.2 Å². The third kappa shape index (κ3) is 3.01. The minimum absolute atomic E-state index is 0.572. The molecule has 0 aromatic heterocycles. The quantitative estimate of drug-likeness (QED) is 0.719. The monoisotopic (exact) mass is 257 g/mol. The first-order valence-electron chi connectivity index (χ1n) is 7.36. The van der Waals surface area contributed by atoms with Crippen molar-refractivity contribution < 1.29 is 4.74 Å². The van der Waals surface area contributed by atoms with Gasteiger partial charge in [0.25, 0.3) is 0 Å². The summed E-state index contributed by atoms with van der Waals surface area (Å²) in [6.45, 7) is 6.34. The van der Waals surface area contributed by atoms with E-state index in [2.05, 4.69) is 24.0 Å². The lowest BCUT2D eigenvalue weighted by atomic mass is 10.0. The molecule has 0 amide bonds. The molecule has 2 aliphatic rings. The largest absolute Gasteiger partial charge is 0.489 e. The van der Waals surface area contributed by atoms with Crippen molar-refractivity contribution in [2.45, 2.75) is 32.2 Å². The Labute approximate surface area is 115 Å². The standard InChI is InChI=1S/C17H23NO/c1-2-11-19-16-6-4-3-5-14(16)12-18-13-17(9-10-17)15-7-8-15/h2-6,15,18H,1,7-13H2. The summed E-state index contributed by atoms with van der Waals surface area (Å²) < 4.78 is 5.69. The van der Waals surface area contributed by atoms with Crippen LogP contribution in [0.1, 0.15) is 31.2 Å². The van der Waals surface area contributed by atoms with E-state index in [1.165, 1.54) is 37.8 Å². The van der Waals surface area contributed by atoms with E-state index in [9.17, 15) is 0 Å². The van der Waals surface area contributed by atoms with Crippen molar-refractivity contribution in [2.24, 2.45) is 11.3 Å². The molecule has 3 rings (SSSR count). The van der Waals surface area contributed by atoms with Crippen LogP contribution >= 0.6 is 0 Å². The predicted molar refractivity (Wildman–Crippen MR) is 78.2 cm³/mol. The number of hydrogen-bond acceptors (Lipinski definition) is 2. The number of rotatable bonds is 8. The van der Waals surface area contributed by atoms with Crippen LogP contribution in [0, 0.1) is 11.3 Å². The van der Waals surface area contributed by atoms with Gasteiger partial charge in [0.05, 0.1) is 0 Å². The Morgan fingerprint density at radius 3 is 2.79 bits per heavy atom. The van der Waals surface area contributed by atoms with Gasteiger partial charge in [-0.1, -0.05) is 30.9 Å². The molecule has 1 N–H and O–H groups in total. The van der Waals surface area contributed by atoms with Crippen LogP contribution in [0.15, 0.2) is 36.9 Å². The van der Waals surface area contributed by atoms with Crippen molar-refractivity contribution in [1.82, 2.24) is 5.32 Å². The first kappa shape index (κ1) is 12.7. The molecule has 2 saturated carbocycles. The molecule has 2 aliphatic carbocycles. The van der Waals surface area contributed by atoms with Gasteiger partial charge < -0.3 is 10.1 Å². The highest BCUT2D eigenvalue weighted by atomic mass is 16.5. The van der Waals surface area contributed by atoms with Gasteiger partial charge in [0.15, 0.2) is 0 Å². The van der Waals surface area contributed by atoms with Crippen molar-refractivity contribution in [2.75, 3.05) is 13.2 Å². The Hall–Kier alpha value is -1.28. The summed E-state index contributed by atoms with van der Waals surface area (Å²) >= 11 is 0. The molecule has 0 saturated heterocycles. The highest BCUT2D eigenvalue weighted by Gasteiger charge is 2.53. The first-order chi connectivity index (χ1) is 9.34. The van der Waals surface area contributed by atoms with E-state index in [4.69, 9.17) is 4.74 Å². The Morgan fingerprint density at radius 2 is 2.11 bits per heavy atom. The average Bonchev–Trinajstić information content (AvgIpc) is 3.29. The summed E-state index contributed by atoms with van der Waals surface area (Å²) in [7, 11) is 0. The summed E-state index contributed by atoms with van der Waals surface area (Å²) in [5.41, 5.74) is 1.91. The normalized spacial score (nSPS) is 20.0. The van der Waals surface area contributed by atoms with Gasteiger partial charge in [0, 0.05) is 18.7 Å². The maximum absolute atomic E-state index is 5.69. The molecule has 19 heavy (non-hydrogen) atoms. The van der Waals surface area contributed by atoms with Gasteiger partial charge in [-0.2, -0.15) is 0 Å². The molecule has 0 atom stereocenters. The Bertz CT molecular complexity index is 446. The van der Waals surface area contributed by atoms with Crippen molar-refractivity contribution in [3.63, 3.8) is 0 Å². The molecule has 0 unspecified atom stereocenters. The van der Waals surface area contributed by atoms with Crippen LogP contribution in [0.4, 0.5) is 0 Å². The third-order valence-electron chi connectivity index (χ3n) is 4.46. The number of nitrogens with one attached hydrogen (secondary N) is 1. The third-order valence-corrected chi connectivity index (χ3v) is 4.46. The van der Waals surface area contributed by atoms with Gasteiger partial charge in [0.1, 0.15) is 12.4 Å². The molecule has 1 aromatic rings. The van der Waals surface area contributed by atoms with E-state index in [1.54, 1.807) is 6.08 Å². The molecule has 2 heteroatoms. The van der Waals surface area contributed by atoms with E-state index in [-0.39, 0.29) is 0 Å². The first-order valence-corrected chi connectivity index (χ1v) is 7.36. The van der Waals surface area contributed by atoms with Gasteiger partial charge >= 0.3 is 0 Å². The van der Waals surface area contributed by atoms with Crippen LogP contribution in [0.2, 0.25) is 0 Å². The second-order valence-corrected chi connectivity index (χ2v) is 5.95. The van der Waals surface area contributed by atoms with Crippen molar-refractivity contribution in [3.8, 4) is 5.75 Å². The molecule has 102 valence electrons. The Balaban J connectivity index is 1.52. The Morgan fingerprint density at radius 1 is 1.32 bits per heavy atom. The number of ether oxygens (including phenoxy) is 1. The van der Waals surface area contributed by atoms with Gasteiger partial charge in [-0.3, -0.25) is 0 Å². The molecule has 0 heterocycles. The molecule has 0 aliphatic heterocycles. The van der Waals surface area contributed by atoms with Crippen LogP contribution in [-0.2, 0) is 6.54 Å². The number of benzene rings is 1. The summed E-state index contributed by atoms with van der Waals surface area (Å²) in [6, 6.07) is 8.27. The average molecular weight is 257 g/mol. The zero-order chi connectivity index (χ0) is 13.1. The second kappa shape index (κ2) is 5.38. The van der Waals surface area contributed by atoms with Crippen LogP contribution in [0.5, 0.6) is 5.75 Å². The smallest absolute Gasteiger partial charge is 0.124 e. The van der Waals surface area contributed by atoms with Gasteiger partial charge in [-0.05, 0) is 43.1 Å². The highest BCUT2D eigenvalue weighted by Crippen LogP contribution is 2.60. The van der Waals surface area contributed by atoms with Gasteiger partial charge in [-0.25, -0.2) is 0 Å². The lowest BCUT2D eigenvalue weighted by Gasteiger charge is -2.16. The highest BCUT2D eigenvalue weighted by molar-refractivity contribution is 5.33. The molecular weight excluding hydrogens is 234 g/mol.